The summed E-state index contributed by atoms with van der Waals surface area (Å²) in [5.41, 5.74) is 1.49. The number of ketones is 1. The molecule has 0 aromatic rings. The maximum atomic E-state index is 13.9. The lowest BCUT2D eigenvalue weighted by Gasteiger charge is -2.44. The van der Waals surface area contributed by atoms with E-state index in [0.29, 0.717) is 17.3 Å². The highest BCUT2D eigenvalue weighted by atomic mass is 32.2. The second-order valence-electron chi connectivity index (χ2n) is 10.6. The maximum Gasteiger partial charge on any atom is 0.154 e. The lowest BCUT2D eigenvalue weighted by molar-refractivity contribution is -0.135. The molecule has 3 rings (SSSR count). The fourth-order valence-electron chi connectivity index (χ4n) is 5.43. The largest absolute Gasteiger partial charge is 0.298 e. The quantitative estimate of drug-likeness (QED) is 0.592. The van der Waals surface area contributed by atoms with Crippen LogP contribution in [0.4, 0.5) is 0 Å². The van der Waals surface area contributed by atoms with Gasteiger partial charge in [0.2, 0.25) is 0 Å². The number of rotatable bonds is 0. The number of hydrogen-bond acceptors (Lipinski definition) is 3. The molecule has 0 radical (unpaired) electrons. The minimum atomic E-state index is -0.873. The van der Waals surface area contributed by atoms with Gasteiger partial charge in [-0.2, -0.15) is 11.8 Å². The summed E-state index contributed by atoms with van der Waals surface area (Å²) in [5, 5.41) is 0. The third-order valence-electron chi connectivity index (χ3n) is 6.23. The van der Waals surface area contributed by atoms with Crippen LogP contribution in [0, 0.1) is 27.1 Å². The highest BCUT2D eigenvalue weighted by molar-refractivity contribution is 7.99. The van der Waals surface area contributed by atoms with Crippen LogP contribution in [-0.4, -0.2) is 33.0 Å². The van der Waals surface area contributed by atoms with Crippen molar-refractivity contribution in [2.45, 2.75) is 55.4 Å². The first kappa shape index (κ1) is 18.7. The summed E-state index contributed by atoms with van der Waals surface area (Å²) >= 11 is 1.91. The highest BCUT2D eigenvalue weighted by Gasteiger charge is 2.75. The molecule has 0 saturated carbocycles. The molecule has 0 aromatic carbocycles. The van der Waals surface area contributed by atoms with Crippen molar-refractivity contribution in [3.63, 3.8) is 0 Å². The molecule has 136 valence electrons. The van der Waals surface area contributed by atoms with E-state index in [1.165, 1.54) is 11.1 Å². The molecule has 0 amide bonds. The minimum absolute atomic E-state index is 0.0273. The van der Waals surface area contributed by atoms with Crippen LogP contribution < -0.4 is 0 Å². The predicted molar refractivity (Wildman–Crippen MR) is 105 cm³/mol. The fourth-order valence-corrected chi connectivity index (χ4v) is 8.90. The molecular weight excluding hydrogens is 336 g/mol. The number of allylic oxidation sites excluding steroid dienone is 2. The van der Waals surface area contributed by atoms with Crippen LogP contribution in [0.25, 0.3) is 0 Å². The number of carbonyl (C=O) groups is 1. The van der Waals surface area contributed by atoms with Crippen LogP contribution in [-0.2, 0) is 15.6 Å². The van der Waals surface area contributed by atoms with Crippen molar-refractivity contribution >= 4 is 28.3 Å². The molecule has 24 heavy (non-hydrogen) atoms. The average molecular weight is 369 g/mol. The van der Waals surface area contributed by atoms with Crippen molar-refractivity contribution in [3.05, 3.63) is 11.1 Å². The summed E-state index contributed by atoms with van der Waals surface area (Å²) in [4.78, 5) is 13.9. The molecule has 2 unspecified atom stereocenters. The Morgan fingerprint density at radius 2 is 1.29 bits per heavy atom. The zero-order valence-electron chi connectivity index (χ0n) is 16.5. The molecule has 0 aromatic heterocycles. The molecule has 0 bridgehead atoms. The van der Waals surface area contributed by atoms with Gasteiger partial charge in [-0.25, -0.2) is 0 Å². The topological polar surface area (TPSA) is 34.1 Å². The highest BCUT2D eigenvalue weighted by Crippen LogP contribution is 2.76. The zero-order chi connectivity index (χ0) is 18.3. The van der Waals surface area contributed by atoms with Crippen LogP contribution >= 0.6 is 11.8 Å². The van der Waals surface area contributed by atoms with E-state index >= 15 is 0 Å². The molecular formula is C20H32O2S2. The summed E-state index contributed by atoms with van der Waals surface area (Å²) in [7, 11) is -0.873. The standard InChI is InChI=1S/C20H32O2S2/c1-16(2)9-23-10-17(3,4)15(21)20-13(16)14(20)18(5,6)11-24(22)12-19(20,7)8/h9-12H2,1-8H3. The molecule has 2 aliphatic heterocycles. The molecule has 3 aliphatic rings. The van der Waals surface area contributed by atoms with Crippen molar-refractivity contribution in [3.8, 4) is 0 Å². The predicted octanol–water partition coefficient (Wildman–Crippen LogP) is 4.47. The van der Waals surface area contributed by atoms with Gasteiger partial charge in [0.1, 0.15) is 0 Å². The summed E-state index contributed by atoms with van der Waals surface area (Å²) in [6.45, 7) is 17.6. The van der Waals surface area contributed by atoms with E-state index < -0.39 is 16.2 Å². The van der Waals surface area contributed by atoms with E-state index in [9.17, 15) is 9.00 Å². The van der Waals surface area contributed by atoms with Gasteiger partial charge in [0.15, 0.2) is 5.78 Å². The van der Waals surface area contributed by atoms with Crippen LogP contribution in [0.5, 0.6) is 0 Å². The Labute approximate surface area is 154 Å². The summed E-state index contributed by atoms with van der Waals surface area (Å²) in [5.74, 6) is 3.59. The minimum Gasteiger partial charge on any atom is -0.298 e. The smallest absolute Gasteiger partial charge is 0.154 e. The van der Waals surface area contributed by atoms with Crippen LogP contribution in [0.2, 0.25) is 0 Å². The van der Waals surface area contributed by atoms with Crippen molar-refractivity contribution in [1.29, 1.82) is 0 Å². The Bertz CT molecular complexity index is 667. The number of carbonyl (C=O) groups excluding carboxylic acids is 1. The van der Waals surface area contributed by atoms with E-state index in [-0.39, 0.29) is 21.7 Å². The lowest BCUT2D eigenvalue weighted by atomic mass is 9.60. The summed E-state index contributed by atoms with van der Waals surface area (Å²) in [6.07, 6.45) is 0. The first-order valence-corrected chi connectivity index (χ1v) is 11.6. The zero-order valence-corrected chi connectivity index (χ0v) is 18.1. The Kier molecular flexibility index (Phi) is 3.89. The first-order valence-electron chi connectivity index (χ1n) is 8.94. The van der Waals surface area contributed by atoms with E-state index in [1.807, 2.05) is 11.8 Å². The third-order valence-corrected chi connectivity index (χ3v) is 10.2. The molecule has 0 N–H and O–H groups in total. The SMILES string of the molecule is CC1(C)CSCC(C)(C)C2=C3C(C)(C)CS(=O)CC(C)(C)C23C1=O. The molecule has 2 fully saturated rings. The van der Waals surface area contributed by atoms with Gasteiger partial charge in [0, 0.05) is 39.2 Å². The molecule has 2 atom stereocenters. The Balaban J connectivity index is 2.30. The molecule has 1 aliphatic carbocycles. The fraction of sp³-hybridized carbons (Fsp3) is 0.850. The van der Waals surface area contributed by atoms with Gasteiger partial charge in [0.05, 0.1) is 5.41 Å². The van der Waals surface area contributed by atoms with Crippen LogP contribution in [0.1, 0.15) is 55.4 Å². The number of hydrogen-bond donors (Lipinski definition) is 0. The van der Waals surface area contributed by atoms with Gasteiger partial charge < -0.3 is 0 Å². The Hall–Kier alpha value is -0.0900. The third kappa shape index (κ3) is 2.27. The van der Waals surface area contributed by atoms with Crippen LogP contribution in [0.3, 0.4) is 0 Å². The van der Waals surface area contributed by atoms with E-state index in [2.05, 4.69) is 55.4 Å². The van der Waals surface area contributed by atoms with Gasteiger partial charge in [0.25, 0.3) is 0 Å². The molecule has 2 saturated heterocycles. The van der Waals surface area contributed by atoms with Gasteiger partial charge in [-0.1, -0.05) is 55.4 Å². The molecule has 2 nitrogen and oxygen atoms in total. The Morgan fingerprint density at radius 1 is 0.792 bits per heavy atom. The maximum absolute atomic E-state index is 13.9. The van der Waals surface area contributed by atoms with Crippen molar-refractivity contribution in [2.24, 2.45) is 27.1 Å². The van der Waals surface area contributed by atoms with Gasteiger partial charge in [-0.15, -0.1) is 0 Å². The van der Waals surface area contributed by atoms with Crippen molar-refractivity contribution < 1.29 is 9.00 Å². The van der Waals surface area contributed by atoms with E-state index in [0.717, 1.165) is 11.5 Å². The normalized spacial score (nSPS) is 39.2. The molecule has 2 heterocycles. The number of thioether (sulfide) groups is 1. The lowest BCUT2D eigenvalue weighted by Crippen LogP contribution is -2.49. The van der Waals surface area contributed by atoms with Crippen molar-refractivity contribution in [1.82, 2.24) is 0 Å². The first-order chi connectivity index (χ1) is 10.7. The Morgan fingerprint density at radius 3 is 1.88 bits per heavy atom. The molecule has 4 heteroatoms. The summed E-state index contributed by atoms with van der Waals surface area (Å²) < 4.78 is 12.7. The number of Topliss-reactive ketones (excluding diaryl/α,β-unsaturated/α-hetero) is 1. The van der Waals surface area contributed by atoms with Crippen LogP contribution in [0.15, 0.2) is 11.1 Å². The summed E-state index contributed by atoms with van der Waals surface area (Å²) in [6, 6.07) is 0. The van der Waals surface area contributed by atoms with Gasteiger partial charge in [-0.3, -0.25) is 9.00 Å². The van der Waals surface area contributed by atoms with Crippen molar-refractivity contribution in [2.75, 3.05) is 23.0 Å². The average Bonchev–Trinajstić information content (AvgIpc) is 3.08. The monoisotopic (exact) mass is 368 g/mol. The second-order valence-corrected chi connectivity index (χ2v) is 13.0. The van der Waals surface area contributed by atoms with Gasteiger partial charge in [-0.05, 0) is 27.4 Å². The molecule has 1 spiro atoms. The van der Waals surface area contributed by atoms with Gasteiger partial charge >= 0.3 is 0 Å². The van der Waals surface area contributed by atoms with E-state index in [1.54, 1.807) is 0 Å². The second kappa shape index (κ2) is 5.00. The van der Waals surface area contributed by atoms with E-state index in [4.69, 9.17) is 0 Å².